The summed E-state index contributed by atoms with van der Waals surface area (Å²) < 4.78 is 5.38. The van der Waals surface area contributed by atoms with Crippen molar-refractivity contribution < 1.29 is 4.74 Å². The monoisotopic (exact) mass is 191 g/mol. The third-order valence-electron chi connectivity index (χ3n) is 1.66. The fourth-order valence-corrected chi connectivity index (χ4v) is 1.00. The van der Waals surface area contributed by atoms with Gasteiger partial charge in [-0.2, -0.15) is 5.26 Å². The van der Waals surface area contributed by atoms with Gasteiger partial charge in [0.15, 0.2) is 11.4 Å². The molecule has 0 radical (unpaired) electrons. The van der Waals surface area contributed by atoms with Gasteiger partial charge in [-0.25, -0.2) is 4.98 Å². The number of ether oxygens (including phenoxy) is 1. The number of nitrogens with one attached hydrogen (secondary N) is 1. The lowest BCUT2D eigenvalue weighted by Crippen LogP contribution is -2.20. The van der Waals surface area contributed by atoms with Crippen LogP contribution in [-0.2, 0) is 0 Å². The molecule has 14 heavy (non-hydrogen) atoms. The van der Waals surface area contributed by atoms with Crippen molar-refractivity contribution in [3.63, 3.8) is 0 Å². The molecular weight excluding hydrogens is 178 g/mol. The summed E-state index contributed by atoms with van der Waals surface area (Å²) in [6, 6.07) is 5.48. The average molecular weight is 191 g/mol. The predicted octanol–water partition coefficient (Wildman–Crippen LogP) is 0.942. The molecule has 0 atom stereocenters. The molecule has 1 N–H and O–H groups in total. The molecule has 0 bridgehead atoms. The zero-order valence-electron chi connectivity index (χ0n) is 8.16. The first kappa shape index (κ1) is 10.5. The molecule has 0 aliphatic rings. The number of hydrogen-bond acceptors (Lipinski definition) is 4. The molecule has 1 aromatic rings. The molecule has 0 spiro atoms. The summed E-state index contributed by atoms with van der Waals surface area (Å²) in [5.74, 6) is 0.549. The van der Waals surface area contributed by atoms with E-state index in [-0.39, 0.29) is 0 Å². The molecule has 4 heteroatoms. The summed E-state index contributed by atoms with van der Waals surface area (Å²) in [5.41, 5.74) is 0.337. The van der Waals surface area contributed by atoms with Crippen LogP contribution in [-0.4, -0.2) is 24.7 Å². The summed E-state index contributed by atoms with van der Waals surface area (Å²) in [4.78, 5) is 3.89. The normalized spacial score (nSPS) is 9.43. The van der Waals surface area contributed by atoms with Gasteiger partial charge in [0.2, 0.25) is 0 Å². The van der Waals surface area contributed by atoms with Crippen molar-refractivity contribution >= 4 is 0 Å². The van der Waals surface area contributed by atoms with Crippen LogP contribution in [0.4, 0.5) is 0 Å². The SMILES string of the molecule is CCNCCOc1cccnc1C#N. The van der Waals surface area contributed by atoms with E-state index in [9.17, 15) is 0 Å². The van der Waals surface area contributed by atoms with Gasteiger partial charge in [-0.1, -0.05) is 6.92 Å². The van der Waals surface area contributed by atoms with E-state index in [4.69, 9.17) is 10.00 Å². The van der Waals surface area contributed by atoms with E-state index < -0.39 is 0 Å². The fraction of sp³-hybridized carbons (Fsp3) is 0.400. The van der Waals surface area contributed by atoms with Gasteiger partial charge in [-0.05, 0) is 18.7 Å². The van der Waals surface area contributed by atoms with E-state index in [0.29, 0.717) is 18.1 Å². The fourth-order valence-electron chi connectivity index (χ4n) is 1.00. The van der Waals surface area contributed by atoms with Crippen LogP contribution in [0.1, 0.15) is 12.6 Å². The molecule has 1 rings (SSSR count). The van der Waals surface area contributed by atoms with Crippen molar-refractivity contribution in [2.45, 2.75) is 6.92 Å². The molecule has 0 aliphatic heterocycles. The van der Waals surface area contributed by atoms with E-state index in [1.807, 2.05) is 13.0 Å². The van der Waals surface area contributed by atoms with Crippen LogP contribution in [0.2, 0.25) is 0 Å². The lowest BCUT2D eigenvalue weighted by molar-refractivity contribution is 0.313. The topological polar surface area (TPSA) is 57.9 Å². The van der Waals surface area contributed by atoms with E-state index in [0.717, 1.165) is 13.1 Å². The van der Waals surface area contributed by atoms with E-state index in [1.165, 1.54) is 0 Å². The Balaban J connectivity index is 2.46. The van der Waals surface area contributed by atoms with Gasteiger partial charge in [-0.3, -0.25) is 0 Å². The number of likely N-dealkylation sites (N-methyl/N-ethyl adjacent to an activating group) is 1. The first-order chi connectivity index (χ1) is 6.88. The maximum Gasteiger partial charge on any atom is 0.182 e. The van der Waals surface area contributed by atoms with Crippen LogP contribution >= 0.6 is 0 Å². The number of hydrogen-bond donors (Lipinski definition) is 1. The van der Waals surface area contributed by atoms with Crippen LogP contribution in [0.15, 0.2) is 18.3 Å². The quantitative estimate of drug-likeness (QED) is 0.704. The highest BCUT2D eigenvalue weighted by Gasteiger charge is 2.01. The van der Waals surface area contributed by atoms with Gasteiger partial charge >= 0.3 is 0 Å². The standard InChI is InChI=1S/C10H13N3O/c1-2-12-6-7-14-10-4-3-5-13-9(10)8-11/h3-5,12H,2,6-7H2,1H3. The third kappa shape index (κ3) is 3.04. The minimum absolute atomic E-state index is 0.337. The smallest absolute Gasteiger partial charge is 0.182 e. The maximum absolute atomic E-state index is 8.71. The van der Waals surface area contributed by atoms with Gasteiger partial charge in [0.1, 0.15) is 12.7 Å². The molecule has 0 saturated heterocycles. The molecule has 4 nitrogen and oxygen atoms in total. The van der Waals surface area contributed by atoms with Crippen molar-refractivity contribution in [3.8, 4) is 11.8 Å². The minimum atomic E-state index is 0.337. The number of aromatic nitrogens is 1. The second-order valence-electron chi connectivity index (χ2n) is 2.66. The van der Waals surface area contributed by atoms with Crippen molar-refractivity contribution in [3.05, 3.63) is 24.0 Å². The second-order valence-corrected chi connectivity index (χ2v) is 2.66. The lowest BCUT2D eigenvalue weighted by Gasteiger charge is -2.06. The highest BCUT2D eigenvalue weighted by Crippen LogP contribution is 2.13. The molecule has 0 saturated carbocycles. The Hall–Kier alpha value is -1.60. The Bertz CT molecular complexity index is 319. The minimum Gasteiger partial charge on any atom is -0.489 e. The molecular formula is C10H13N3O. The number of rotatable bonds is 5. The van der Waals surface area contributed by atoms with E-state index in [1.54, 1.807) is 18.3 Å². The van der Waals surface area contributed by atoms with E-state index >= 15 is 0 Å². The van der Waals surface area contributed by atoms with Crippen molar-refractivity contribution in [2.75, 3.05) is 19.7 Å². The summed E-state index contributed by atoms with van der Waals surface area (Å²) in [6.07, 6.45) is 1.58. The van der Waals surface area contributed by atoms with Crippen LogP contribution in [0, 0.1) is 11.3 Å². The van der Waals surface area contributed by atoms with Crippen LogP contribution < -0.4 is 10.1 Å². The lowest BCUT2D eigenvalue weighted by atomic mass is 10.3. The summed E-state index contributed by atoms with van der Waals surface area (Å²) in [5, 5.41) is 11.8. The van der Waals surface area contributed by atoms with E-state index in [2.05, 4.69) is 10.3 Å². The van der Waals surface area contributed by atoms with Gasteiger partial charge < -0.3 is 10.1 Å². The van der Waals surface area contributed by atoms with Crippen molar-refractivity contribution in [1.29, 1.82) is 5.26 Å². The Morgan fingerprint density at radius 2 is 2.50 bits per heavy atom. The molecule has 0 unspecified atom stereocenters. The summed E-state index contributed by atoms with van der Waals surface area (Å²) in [7, 11) is 0. The van der Waals surface area contributed by atoms with Crippen molar-refractivity contribution in [2.24, 2.45) is 0 Å². The largest absolute Gasteiger partial charge is 0.489 e. The zero-order chi connectivity index (χ0) is 10.2. The molecule has 0 aromatic carbocycles. The molecule has 1 heterocycles. The van der Waals surface area contributed by atoms with Gasteiger partial charge in [-0.15, -0.1) is 0 Å². The summed E-state index contributed by atoms with van der Waals surface area (Å²) >= 11 is 0. The molecule has 0 amide bonds. The Morgan fingerprint density at radius 3 is 3.21 bits per heavy atom. The average Bonchev–Trinajstić information content (AvgIpc) is 2.25. The van der Waals surface area contributed by atoms with Gasteiger partial charge in [0.05, 0.1) is 0 Å². The Labute approximate surface area is 83.5 Å². The van der Waals surface area contributed by atoms with Crippen LogP contribution in [0.3, 0.4) is 0 Å². The highest BCUT2D eigenvalue weighted by molar-refractivity contribution is 5.36. The predicted molar refractivity (Wildman–Crippen MR) is 53.0 cm³/mol. The molecule has 1 aromatic heterocycles. The number of nitriles is 1. The zero-order valence-corrected chi connectivity index (χ0v) is 8.16. The molecule has 0 aliphatic carbocycles. The first-order valence-corrected chi connectivity index (χ1v) is 4.57. The van der Waals surface area contributed by atoms with Gasteiger partial charge in [0.25, 0.3) is 0 Å². The number of nitrogens with zero attached hydrogens (tertiary/aromatic N) is 2. The van der Waals surface area contributed by atoms with Crippen LogP contribution in [0.25, 0.3) is 0 Å². The second kappa shape index (κ2) is 5.95. The number of pyridine rings is 1. The maximum atomic E-state index is 8.71. The Kier molecular flexibility index (Phi) is 4.45. The highest BCUT2D eigenvalue weighted by atomic mass is 16.5. The molecule has 0 fully saturated rings. The summed E-state index contributed by atoms with van der Waals surface area (Å²) in [6.45, 7) is 4.27. The molecule has 74 valence electrons. The first-order valence-electron chi connectivity index (χ1n) is 4.57. The third-order valence-corrected chi connectivity index (χ3v) is 1.66. The Morgan fingerprint density at radius 1 is 1.64 bits per heavy atom. The van der Waals surface area contributed by atoms with Crippen molar-refractivity contribution in [1.82, 2.24) is 10.3 Å². The van der Waals surface area contributed by atoms with Crippen LogP contribution in [0.5, 0.6) is 5.75 Å². The van der Waals surface area contributed by atoms with Gasteiger partial charge in [0, 0.05) is 12.7 Å².